The van der Waals surface area contributed by atoms with E-state index in [1.54, 1.807) is 0 Å². The van der Waals surface area contributed by atoms with Gasteiger partial charge in [-0.1, -0.05) is 54.6 Å². The van der Waals surface area contributed by atoms with Gasteiger partial charge in [-0.05, 0) is 67.5 Å². The fourth-order valence-corrected chi connectivity index (χ4v) is 6.02. The van der Waals surface area contributed by atoms with E-state index in [0.717, 1.165) is 77.1 Å². The molecule has 0 bridgehead atoms. The molecule has 1 saturated heterocycles. The molecule has 1 aliphatic carbocycles. The maximum Gasteiger partial charge on any atom is 0.159 e. The molecule has 2 unspecified atom stereocenters. The summed E-state index contributed by atoms with van der Waals surface area (Å²) in [7, 11) is 0. The molecule has 0 radical (unpaired) electrons. The largest absolute Gasteiger partial charge is 0.477 e. The molecule has 3 aromatic carbocycles. The number of anilines is 1. The van der Waals surface area contributed by atoms with Crippen molar-refractivity contribution in [2.75, 3.05) is 18.0 Å². The molecule has 4 heteroatoms. The Bertz CT molecular complexity index is 1360. The van der Waals surface area contributed by atoms with Gasteiger partial charge in [-0.3, -0.25) is 4.79 Å². The number of benzene rings is 3. The highest BCUT2D eigenvalue weighted by Gasteiger charge is 2.41. The van der Waals surface area contributed by atoms with Crippen molar-refractivity contribution in [3.8, 4) is 5.75 Å². The number of piperidine rings is 1. The molecule has 0 saturated carbocycles. The lowest BCUT2D eigenvalue weighted by Crippen LogP contribution is -2.44. The Labute approximate surface area is 206 Å². The monoisotopic (exact) mass is 464 g/mol. The van der Waals surface area contributed by atoms with Crippen molar-refractivity contribution >= 4 is 24.1 Å². The summed E-state index contributed by atoms with van der Waals surface area (Å²) in [5.41, 5.74) is 11.0. The number of fused-ring (bicyclic) bond motifs is 3. The Morgan fingerprint density at radius 3 is 2.46 bits per heavy atom. The SMILES string of the molecule is NC1C=c2c3c(c(C=O)cc2=CC1)CCC(c1ccccc1)(c1ccc(N2CCCCC2)cc1)O3. The van der Waals surface area contributed by atoms with Crippen molar-refractivity contribution < 1.29 is 9.53 Å². The number of rotatable bonds is 4. The first kappa shape index (κ1) is 22.1. The zero-order chi connectivity index (χ0) is 23.8. The fourth-order valence-electron chi connectivity index (χ4n) is 6.02. The van der Waals surface area contributed by atoms with Crippen molar-refractivity contribution in [3.05, 3.63) is 93.4 Å². The van der Waals surface area contributed by atoms with Crippen LogP contribution in [0, 0.1) is 0 Å². The first-order chi connectivity index (χ1) is 17.2. The van der Waals surface area contributed by atoms with Crippen LogP contribution in [0.1, 0.15) is 59.2 Å². The first-order valence-corrected chi connectivity index (χ1v) is 12.9. The molecule has 2 atom stereocenters. The number of carbonyl (C=O) groups excluding carboxylic acids is 1. The number of hydrogen-bond donors (Lipinski definition) is 1. The van der Waals surface area contributed by atoms with Gasteiger partial charge in [0.2, 0.25) is 0 Å². The van der Waals surface area contributed by atoms with Crippen molar-refractivity contribution in [2.45, 2.75) is 50.2 Å². The van der Waals surface area contributed by atoms with Gasteiger partial charge in [0.15, 0.2) is 5.60 Å². The maximum absolute atomic E-state index is 12.0. The highest BCUT2D eigenvalue weighted by Crippen LogP contribution is 2.44. The summed E-state index contributed by atoms with van der Waals surface area (Å²) in [4.78, 5) is 14.5. The van der Waals surface area contributed by atoms with Crippen LogP contribution in [0.2, 0.25) is 0 Å². The summed E-state index contributed by atoms with van der Waals surface area (Å²) >= 11 is 0. The quantitative estimate of drug-likeness (QED) is 0.592. The molecule has 6 rings (SSSR count). The van der Waals surface area contributed by atoms with E-state index in [1.165, 1.54) is 24.9 Å². The lowest BCUT2D eigenvalue weighted by atomic mass is 9.78. The molecular weight excluding hydrogens is 432 g/mol. The van der Waals surface area contributed by atoms with E-state index in [4.69, 9.17) is 10.5 Å². The van der Waals surface area contributed by atoms with Crippen molar-refractivity contribution in [3.63, 3.8) is 0 Å². The average Bonchev–Trinajstić information content (AvgIpc) is 2.93. The minimum atomic E-state index is -0.626. The molecule has 0 amide bonds. The Balaban J connectivity index is 1.50. The van der Waals surface area contributed by atoms with E-state index in [2.05, 4.69) is 65.6 Å². The van der Waals surface area contributed by atoms with Gasteiger partial charge in [-0.25, -0.2) is 0 Å². The zero-order valence-corrected chi connectivity index (χ0v) is 20.1. The molecule has 1 fully saturated rings. The number of ether oxygens (including phenoxy) is 1. The maximum atomic E-state index is 12.0. The minimum Gasteiger partial charge on any atom is -0.477 e. The number of aldehydes is 1. The van der Waals surface area contributed by atoms with Gasteiger partial charge in [0.05, 0.1) is 0 Å². The standard InChI is InChI=1S/C31H32N2O2/c32-26-12-9-22-19-23(21-34)28-15-16-31(24-7-3-1-4-8-24,35-30(28)29(22)20-26)25-10-13-27(14-11-25)33-17-5-2-6-18-33/h1,3-4,7-11,13-14,19-21,26H,2,5-6,12,15-18,32H2. The smallest absolute Gasteiger partial charge is 0.159 e. The van der Waals surface area contributed by atoms with Crippen LogP contribution in [0.15, 0.2) is 60.7 Å². The molecular formula is C31H32N2O2. The second-order valence-electron chi connectivity index (χ2n) is 10.1. The normalized spacial score (nSPS) is 23.2. The van der Waals surface area contributed by atoms with Gasteiger partial charge in [0, 0.05) is 46.7 Å². The highest BCUT2D eigenvalue weighted by atomic mass is 16.5. The summed E-state index contributed by atoms with van der Waals surface area (Å²) in [5, 5.41) is 2.06. The first-order valence-electron chi connectivity index (χ1n) is 12.9. The lowest BCUT2D eigenvalue weighted by molar-refractivity contribution is 0.0827. The van der Waals surface area contributed by atoms with E-state index in [1.807, 2.05) is 12.1 Å². The van der Waals surface area contributed by atoms with E-state index in [9.17, 15) is 4.79 Å². The van der Waals surface area contributed by atoms with Gasteiger partial charge in [0.25, 0.3) is 0 Å². The van der Waals surface area contributed by atoms with Crippen molar-refractivity contribution in [2.24, 2.45) is 5.73 Å². The summed E-state index contributed by atoms with van der Waals surface area (Å²) in [6.45, 7) is 2.25. The van der Waals surface area contributed by atoms with Gasteiger partial charge in [0.1, 0.15) is 12.0 Å². The third-order valence-corrected chi connectivity index (χ3v) is 7.91. The molecule has 0 spiro atoms. The molecule has 35 heavy (non-hydrogen) atoms. The predicted octanol–water partition coefficient (Wildman–Crippen LogP) is 4.05. The van der Waals surface area contributed by atoms with E-state index >= 15 is 0 Å². The summed E-state index contributed by atoms with van der Waals surface area (Å²) in [6, 6.07) is 21.4. The van der Waals surface area contributed by atoms with Crippen LogP contribution in [-0.2, 0) is 12.0 Å². The molecule has 0 aromatic heterocycles. The number of nitrogens with two attached hydrogens (primary N) is 1. The van der Waals surface area contributed by atoms with E-state index in [-0.39, 0.29) is 6.04 Å². The number of hydrogen-bond acceptors (Lipinski definition) is 4. The zero-order valence-electron chi connectivity index (χ0n) is 20.1. The minimum absolute atomic E-state index is 0.0471. The van der Waals surface area contributed by atoms with Crippen LogP contribution < -0.4 is 25.8 Å². The summed E-state index contributed by atoms with van der Waals surface area (Å²) in [5.74, 6) is 0.811. The summed E-state index contributed by atoms with van der Waals surface area (Å²) < 4.78 is 7.09. The van der Waals surface area contributed by atoms with Crippen LogP contribution in [0.4, 0.5) is 5.69 Å². The van der Waals surface area contributed by atoms with Crippen LogP contribution in [0.25, 0.3) is 12.2 Å². The Morgan fingerprint density at radius 2 is 1.71 bits per heavy atom. The Hall–Kier alpha value is -3.37. The molecule has 3 aliphatic rings. The third-order valence-electron chi connectivity index (χ3n) is 7.91. The van der Waals surface area contributed by atoms with Gasteiger partial charge in [-0.15, -0.1) is 0 Å². The highest BCUT2D eigenvalue weighted by molar-refractivity contribution is 5.80. The fraction of sp³-hybridized carbons (Fsp3) is 0.323. The van der Waals surface area contributed by atoms with Gasteiger partial charge in [-0.2, -0.15) is 0 Å². The van der Waals surface area contributed by atoms with Gasteiger partial charge >= 0.3 is 0 Å². The molecule has 2 aliphatic heterocycles. The second-order valence-corrected chi connectivity index (χ2v) is 10.1. The Morgan fingerprint density at radius 1 is 0.971 bits per heavy atom. The van der Waals surface area contributed by atoms with Crippen LogP contribution in [0.3, 0.4) is 0 Å². The predicted molar refractivity (Wildman–Crippen MR) is 141 cm³/mol. The van der Waals surface area contributed by atoms with E-state index in [0.29, 0.717) is 0 Å². The molecule has 178 valence electrons. The van der Waals surface area contributed by atoms with Crippen LogP contribution >= 0.6 is 0 Å². The molecule has 4 nitrogen and oxygen atoms in total. The lowest BCUT2D eigenvalue weighted by Gasteiger charge is -2.41. The number of carbonyl (C=O) groups is 1. The topological polar surface area (TPSA) is 55.6 Å². The second kappa shape index (κ2) is 9.01. The summed E-state index contributed by atoms with van der Waals surface area (Å²) in [6.07, 6.45) is 11.3. The Kier molecular flexibility index (Phi) is 5.69. The van der Waals surface area contributed by atoms with Gasteiger partial charge < -0.3 is 15.4 Å². The van der Waals surface area contributed by atoms with Crippen molar-refractivity contribution in [1.82, 2.24) is 0 Å². The third kappa shape index (κ3) is 3.86. The number of nitrogens with zero attached hydrogens (tertiary/aromatic N) is 1. The molecule has 2 N–H and O–H groups in total. The van der Waals surface area contributed by atoms with Crippen LogP contribution in [-0.4, -0.2) is 25.4 Å². The van der Waals surface area contributed by atoms with Crippen LogP contribution in [0.5, 0.6) is 5.75 Å². The molecule has 2 heterocycles. The molecule has 3 aromatic rings. The average molecular weight is 465 g/mol. The van der Waals surface area contributed by atoms with Crippen molar-refractivity contribution in [1.29, 1.82) is 0 Å². The van der Waals surface area contributed by atoms with E-state index < -0.39 is 5.60 Å².